The highest BCUT2D eigenvalue weighted by Gasteiger charge is 2.23. The zero-order chi connectivity index (χ0) is 21.2. The van der Waals surface area contributed by atoms with E-state index in [1.165, 1.54) is 0 Å². The maximum Gasteiger partial charge on any atom is 0.136 e. The molecular weight excluding hydrogens is 380 g/mol. The number of benzene rings is 4. The van der Waals surface area contributed by atoms with E-state index in [4.69, 9.17) is 9.15 Å². The molecule has 0 aliphatic carbocycles. The predicted molar refractivity (Wildman–Crippen MR) is 129 cm³/mol. The molecule has 150 valence electrons. The summed E-state index contributed by atoms with van der Waals surface area (Å²) in [4.78, 5) is 0. The van der Waals surface area contributed by atoms with E-state index in [0.29, 0.717) is 0 Å². The molecule has 0 spiro atoms. The van der Waals surface area contributed by atoms with Crippen molar-refractivity contribution in [2.75, 3.05) is 7.11 Å². The van der Waals surface area contributed by atoms with Crippen LogP contribution in [0.2, 0.25) is 0 Å². The van der Waals surface area contributed by atoms with Crippen LogP contribution in [0.1, 0.15) is 5.56 Å². The van der Waals surface area contributed by atoms with Crippen LogP contribution in [0, 0.1) is 0 Å². The van der Waals surface area contributed by atoms with E-state index in [2.05, 4.69) is 73.3 Å². The van der Waals surface area contributed by atoms with Gasteiger partial charge in [0.05, 0.1) is 7.11 Å². The third-order valence-corrected chi connectivity index (χ3v) is 5.57. The molecule has 0 N–H and O–H groups in total. The maximum atomic E-state index is 6.35. The summed E-state index contributed by atoms with van der Waals surface area (Å²) in [5.74, 6) is 1.56. The monoisotopic (exact) mass is 402 g/mol. The van der Waals surface area contributed by atoms with Gasteiger partial charge in [0.25, 0.3) is 0 Å². The Kier molecular flexibility index (Phi) is 4.89. The van der Waals surface area contributed by atoms with Crippen molar-refractivity contribution in [2.45, 2.75) is 0 Å². The fourth-order valence-electron chi connectivity index (χ4n) is 4.16. The molecule has 2 nitrogen and oxygen atoms in total. The summed E-state index contributed by atoms with van der Waals surface area (Å²) in [5.41, 5.74) is 7.17. The van der Waals surface area contributed by atoms with E-state index >= 15 is 0 Å². The molecule has 1 heterocycles. The summed E-state index contributed by atoms with van der Waals surface area (Å²) < 4.78 is 12.2. The molecule has 0 radical (unpaired) electrons. The van der Waals surface area contributed by atoms with Gasteiger partial charge >= 0.3 is 0 Å². The van der Waals surface area contributed by atoms with Crippen molar-refractivity contribution in [3.8, 4) is 39.3 Å². The van der Waals surface area contributed by atoms with Gasteiger partial charge in [0, 0.05) is 22.1 Å². The predicted octanol–water partition coefficient (Wildman–Crippen LogP) is 8.09. The van der Waals surface area contributed by atoms with Crippen LogP contribution in [0.25, 0.3) is 50.6 Å². The van der Waals surface area contributed by atoms with Gasteiger partial charge in [0.2, 0.25) is 0 Å². The maximum absolute atomic E-state index is 6.35. The van der Waals surface area contributed by atoms with E-state index in [1.54, 1.807) is 7.11 Å². The van der Waals surface area contributed by atoms with Gasteiger partial charge in [-0.2, -0.15) is 0 Å². The second-order valence-electron chi connectivity index (χ2n) is 7.37. The van der Waals surface area contributed by atoms with Crippen molar-refractivity contribution in [3.63, 3.8) is 0 Å². The smallest absolute Gasteiger partial charge is 0.136 e. The summed E-state index contributed by atoms with van der Waals surface area (Å²) in [6.45, 7) is 4.10. The summed E-state index contributed by atoms with van der Waals surface area (Å²) >= 11 is 0. The molecule has 31 heavy (non-hydrogen) atoms. The van der Waals surface area contributed by atoms with Crippen molar-refractivity contribution < 1.29 is 9.15 Å². The summed E-state index contributed by atoms with van der Waals surface area (Å²) in [6, 6.07) is 33.1. The highest BCUT2D eigenvalue weighted by Crippen LogP contribution is 2.47. The van der Waals surface area contributed by atoms with Gasteiger partial charge in [0.1, 0.15) is 17.1 Å². The van der Waals surface area contributed by atoms with Crippen molar-refractivity contribution in [1.82, 2.24) is 0 Å². The van der Waals surface area contributed by atoms with Crippen LogP contribution in [-0.4, -0.2) is 7.11 Å². The molecule has 0 saturated carbocycles. The second kappa shape index (κ2) is 8.00. The van der Waals surface area contributed by atoms with Gasteiger partial charge in [-0.05, 0) is 34.9 Å². The Hall–Kier alpha value is -4.04. The normalized spacial score (nSPS) is 10.9. The zero-order valence-corrected chi connectivity index (χ0v) is 17.3. The molecule has 4 aromatic carbocycles. The minimum Gasteiger partial charge on any atom is -0.496 e. The molecule has 5 rings (SSSR count). The van der Waals surface area contributed by atoms with Crippen molar-refractivity contribution in [1.29, 1.82) is 0 Å². The SMILES string of the molecule is C=Cc1c(OC)cc(-c2ccccc2)c(-c2ccccc2)c1-c1cc2ccccc2o1. The van der Waals surface area contributed by atoms with E-state index < -0.39 is 0 Å². The fourth-order valence-corrected chi connectivity index (χ4v) is 4.16. The van der Waals surface area contributed by atoms with Crippen LogP contribution in [0.5, 0.6) is 5.75 Å². The van der Waals surface area contributed by atoms with Crippen LogP contribution in [0.15, 0.2) is 108 Å². The first-order valence-electron chi connectivity index (χ1n) is 10.3. The lowest BCUT2D eigenvalue weighted by atomic mass is 9.86. The van der Waals surface area contributed by atoms with E-state index in [9.17, 15) is 0 Å². The standard InChI is InChI=1S/C29H22O2/c1-3-23-26(30-2)19-24(20-12-6-4-7-13-20)28(21-14-8-5-9-15-21)29(23)27-18-22-16-10-11-17-25(22)31-27/h3-19H,1H2,2H3. The molecule has 0 amide bonds. The zero-order valence-electron chi connectivity index (χ0n) is 17.3. The molecular formula is C29H22O2. The van der Waals surface area contributed by atoms with Crippen LogP contribution < -0.4 is 4.74 Å². The number of rotatable bonds is 5. The quantitative estimate of drug-likeness (QED) is 0.296. The number of hydrogen-bond acceptors (Lipinski definition) is 2. The number of furan rings is 1. The van der Waals surface area contributed by atoms with Gasteiger partial charge in [-0.3, -0.25) is 0 Å². The molecule has 5 aromatic rings. The van der Waals surface area contributed by atoms with Crippen molar-refractivity contribution in [2.24, 2.45) is 0 Å². The van der Waals surface area contributed by atoms with Gasteiger partial charge in [-0.15, -0.1) is 0 Å². The molecule has 0 aliphatic rings. The number of fused-ring (bicyclic) bond motifs is 1. The first kappa shape index (κ1) is 19.0. The Balaban J connectivity index is 1.94. The lowest BCUT2D eigenvalue weighted by Crippen LogP contribution is -1.97. The number of hydrogen-bond donors (Lipinski definition) is 0. The topological polar surface area (TPSA) is 22.4 Å². The Morgan fingerprint density at radius 1 is 0.742 bits per heavy atom. The molecule has 0 aliphatic heterocycles. The largest absolute Gasteiger partial charge is 0.496 e. The number of ether oxygens (including phenoxy) is 1. The molecule has 0 fully saturated rings. The number of para-hydroxylation sites is 1. The number of methoxy groups -OCH3 is 1. The van der Waals surface area contributed by atoms with Gasteiger partial charge in [-0.1, -0.05) is 91.5 Å². The summed E-state index contributed by atoms with van der Waals surface area (Å²) in [5, 5.41) is 1.07. The molecule has 2 heteroatoms. The molecule has 0 saturated heterocycles. The van der Waals surface area contributed by atoms with Crippen LogP contribution >= 0.6 is 0 Å². The van der Waals surface area contributed by atoms with Crippen LogP contribution in [-0.2, 0) is 0 Å². The van der Waals surface area contributed by atoms with Crippen LogP contribution in [0.3, 0.4) is 0 Å². The first-order valence-corrected chi connectivity index (χ1v) is 10.3. The minimum atomic E-state index is 0.768. The lowest BCUT2D eigenvalue weighted by molar-refractivity contribution is 0.414. The van der Waals surface area contributed by atoms with Gasteiger partial charge in [-0.25, -0.2) is 0 Å². The van der Waals surface area contributed by atoms with Crippen molar-refractivity contribution >= 4 is 17.0 Å². The summed E-state index contributed by atoms with van der Waals surface area (Å²) in [7, 11) is 1.70. The molecule has 0 unspecified atom stereocenters. The third kappa shape index (κ3) is 3.32. The second-order valence-corrected chi connectivity index (χ2v) is 7.37. The minimum absolute atomic E-state index is 0.768. The average molecular weight is 402 g/mol. The average Bonchev–Trinajstić information content (AvgIpc) is 3.27. The van der Waals surface area contributed by atoms with E-state index in [0.717, 1.165) is 55.9 Å². The Labute approximate surface area is 182 Å². The highest BCUT2D eigenvalue weighted by atomic mass is 16.5. The molecule has 1 aromatic heterocycles. The van der Waals surface area contributed by atoms with E-state index in [1.807, 2.05) is 36.4 Å². The van der Waals surface area contributed by atoms with Gasteiger partial charge in [0.15, 0.2) is 0 Å². The van der Waals surface area contributed by atoms with Crippen molar-refractivity contribution in [3.05, 3.63) is 109 Å². The molecule has 0 bridgehead atoms. The molecule has 0 atom stereocenters. The van der Waals surface area contributed by atoms with Gasteiger partial charge < -0.3 is 9.15 Å². The summed E-state index contributed by atoms with van der Waals surface area (Å²) in [6.07, 6.45) is 1.85. The highest BCUT2D eigenvalue weighted by molar-refractivity contribution is 6.00. The fraction of sp³-hybridized carbons (Fsp3) is 0.0345. The first-order chi connectivity index (χ1) is 15.3. The lowest BCUT2D eigenvalue weighted by Gasteiger charge is -2.20. The Morgan fingerprint density at radius 2 is 1.39 bits per heavy atom. The van der Waals surface area contributed by atoms with E-state index in [-0.39, 0.29) is 0 Å². The Bertz CT molecular complexity index is 1330. The third-order valence-electron chi connectivity index (χ3n) is 5.57. The van der Waals surface area contributed by atoms with Crippen LogP contribution in [0.4, 0.5) is 0 Å². The Morgan fingerprint density at radius 3 is 2.03 bits per heavy atom.